The zero-order valence-corrected chi connectivity index (χ0v) is 15.0. The molecule has 0 spiro atoms. The molecule has 7 heteroatoms. The molecule has 0 aliphatic carbocycles. The number of rotatable bonds is 4. The number of aromatic nitrogens is 1. The van der Waals surface area contributed by atoms with Crippen molar-refractivity contribution in [3.05, 3.63) is 41.4 Å². The molecule has 0 radical (unpaired) electrons. The third kappa shape index (κ3) is 4.65. The van der Waals surface area contributed by atoms with E-state index in [1.165, 1.54) is 36.2 Å². The number of benzene rings is 1. The highest BCUT2D eigenvalue weighted by Gasteiger charge is 2.26. The standard InChI is InChI=1S/C18H22FN3O3/c1-11-15(16(21-25-11)12-6-8-13(19)9-7-12)17(24)22(5)10-14(23)20-18(2,3)4/h6-9H,10H2,1-5H3,(H,20,23). The maximum absolute atomic E-state index is 13.1. The monoisotopic (exact) mass is 347 g/mol. The van der Waals surface area contributed by atoms with Gasteiger partial charge in [-0.15, -0.1) is 0 Å². The lowest BCUT2D eigenvalue weighted by Crippen LogP contribution is -2.46. The van der Waals surface area contributed by atoms with Gasteiger partial charge in [0.1, 0.15) is 22.8 Å². The molecule has 1 heterocycles. The molecule has 134 valence electrons. The van der Waals surface area contributed by atoms with E-state index in [4.69, 9.17) is 4.52 Å². The number of aryl methyl sites for hydroxylation is 1. The van der Waals surface area contributed by atoms with Gasteiger partial charge < -0.3 is 14.7 Å². The molecule has 0 aliphatic rings. The summed E-state index contributed by atoms with van der Waals surface area (Å²) in [5, 5.41) is 6.72. The van der Waals surface area contributed by atoms with Gasteiger partial charge in [0, 0.05) is 18.2 Å². The second kappa shape index (κ2) is 7.04. The van der Waals surface area contributed by atoms with Gasteiger partial charge in [0.05, 0.1) is 6.54 Å². The Morgan fingerprint density at radius 1 is 1.24 bits per heavy atom. The van der Waals surface area contributed by atoms with E-state index >= 15 is 0 Å². The molecule has 1 aromatic carbocycles. The van der Waals surface area contributed by atoms with Crippen molar-refractivity contribution in [3.8, 4) is 11.3 Å². The summed E-state index contributed by atoms with van der Waals surface area (Å²) >= 11 is 0. The van der Waals surface area contributed by atoms with Crippen LogP contribution in [0.1, 0.15) is 36.9 Å². The fourth-order valence-corrected chi connectivity index (χ4v) is 2.36. The first-order valence-electron chi connectivity index (χ1n) is 7.87. The fourth-order valence-electron chi connectivity index (χ4n) is 2.36. The van der Waals surface area contributed by atoms with Gasteiger partial charge in [-0.05, 0) is 52.0 Å². The van der Waals surface area contributed by atoms with E-state index < -0.39 is 0 Å². The summed E-state index contributed by atoms with van der Waals surface area (Å²) in [5.41, 5.74) is 0.769. The van der Waals surface area contributed by atoms with Crippen LogP contribution in [0.2, 0.25) is 0 Å². The first kappa shape index (κ1) is 18.6. The SMILES string of the molecule is Cc1onc(-c2ccc(F)cc2)c1C(=O)N(C)CC(=O)NC(C)(C)C. The average Bonchev–Trinajstić information content (AvgIpc) is 2.86. The predicted octanol–water partition coefficient (Wildman–Crippen LogP) is 2.78. The second-order valence-corrected chi connectivity index (χ2v) is 6.93. The number of hydrogen-bond donors (Lipinski definition) is 1. The Morgan fingerprint density at radius 3 is 2.40 bits per heavy atom. The van der Waals surface area contributed by atoms with E-state index in [0.717, 1.165) is 0 Å². The minimum atomic E-state index is -0.387. The van der Waals surface area contributed by atoms with Crippen LogP contribution in [0.5, 0.6) is 0 Å². The lowest BCUT2D eigenvalue weighted by molar-refractivity contribution is -0.122. The van der Waals surface area contributed by atoms with Crippen molar-refractivity contribution in [1.82, 2.24) is 15.4 Å². The van der Waals surface area contributed by atoms with Gasteiger partial charge >= 0.3 is 0 Å². The van der Waals surface area contributed by atoms with Crippen molar-refractivity contribution in [2.45, 2.75) is 33.2 Å². The van der Waals surface area contributed by atoms with Crippen molar-refractivity contribution in [2.24, 2.45) is 0 Å². The number of nitrogens with zero attached hydrogens (tertiary/aromatic N) is 2. The molecule has 6 nitrogen and oxygen atoms in total. The van der Waals surface area contributed by atoms with Crippen LogP contribution in [0.3, 0.4) is 0 Å². The van der Waals surface area contributed by atoms with Crippen LogP contribution in [0.4, 0.5) is 4.39 Å². The number of likely N-dealkylation sites (N-methyl/N-ethyl adjacent to an activating group) is 1. The summed E-state index contributed by atoms with van der Waals surface area (Å²) in [6.45, 7) is 7.12. The molecule has 0 aliphatic heterocycles. The summed E-state index contributed by atoms with van der Waals surface area (Å²) in [6, 6.07) is 5.62. The summed E-state index contributed by atoms with van der Waals surface area (Å²) in [7, 11) is 1.53. The lowest BCUT2D eigenvalue weighted by Gasteiger charge is -2.23. The first-order valence-corrected chi connectivity index (χ1v) is 7.87. The fraction of sp³-hybridized carbons (Fsp3) is 0.389. The van der Waals surface area contributed by atoms with Gasteiger partial charge in [-0.1, -0.05) is 5.16 Å². The zero-order chi connectivity index (χ0) is 18.8. The smallest absolute Gasteiger partial charge is 0.259 e. The molecule has 0 atom stereocenters. The maximum Gasteiger partial charge on any atom is 0.259 e. The maximum atomic E-state index is 13.1. The van der Waals surface area contributed by atoms with Gasteiger partial charge in [0.25, 0.3) is 5.91 Å². The van der Waals surface area contributed by atoms with E-state index in [9.17, 15) is 14.0 Å². The molecule has 0 unspecified atom stereocenters. The highest BCUT2D eigenvalue weighted by molar-refractivity contribution is 6.02. The van der Waals surface area contributed by atoms with E-state index in [0.29, 0.717) is 17.0 Å². The van der Waals surface area contributed by atoms with Crippen LogP contribution < -0.4 is 5.32 Å². The number of amides is 2. The van der Waals surface area contributed by atoms with Gasteiger partial charge in [-0.25, -0.2) is 4.39 Å². The predicted molar refractivity (Wildman–Crippen MR) is 91.5 cm³/mol. The van der Waals surface area contributed by atoms with E-state index in [1.54, 1.807) is 6.92 Å². The third-order valence-corrected chi connectivity index (χ3v) is 3.44. The lowest BCUT2D eigenvalue weighted by atomic mass is 10.1. The summed E-state index contributed by atoms with van der Waals surface area (Å²) in [5.74, 6) is -0.692. The largest absolute Gasteiger partial charge is 0.360 e. The topological polar surface area (TPSA) is 75.4 Å². The summed E-state index contributed by atoms with van der Waals surface area (Å²) in [4.78, 5) is 26.1. The van der Waals surface area contributed by atoms with E-state index in [1.807, 2.05) is 20.8 Å². The van der Waals surface area contributed by atoms with Crippen molar-refractivity contribution in [1.29, 1.82) is 0 Å². The van der Waals surface area contributed by atoms with Crippen LogP contribution in [-0.2, 0) is 4.79 Å². The molecular weight excluding hydrogens is 325 g/mol. The van der Waals surface area contributed by atoms with Crippen LogP contribution in [0.15, 0.2) is 28.8 Å². The molecule has 1 N–H and O–H groups in total. The molecule has 2 rings (SSSR count). The number of carbonyl (C=O) groups excluding carboxylic acids is 2. The molecule has 2 aromatic rings. The Labute approximate surface area is 146 Å². The van der Waals surface area contributed by atoms with Gasteiger partial charge in [-0.2, -0.15) is 0 Å². The first-order chi connectivity index (χ1) is 11.6. The van der Waals surface area contributed by atoms with Crippen molar-refractivity contribution >= 4 is 11.8 Å². The van der Waals surface area contributed by atoms with Crippen molar-refractivity contribution in [2.75, 3.05) is 13.6 Å². The van der Waals surface area contributed by atoms with Crippen LogP contribution >= 0.6 is 0 Å². The molecule has 0 saturated carbocycles. The third-order valence-electron chi connectivity index (χ3n) is 3.44. The Morgan fingerprint density at radius 2 is 1.84 bits per heavy atom. The highest BCUT2D eigenvalue weighted by Crippen LogP contribution is 2.26. The molecular formula is C18H22FN3O3. The van der Waals surface area contributed by atoms with E-state index in [2.05, 4.69) is 10.5 Å². The normalized spacial score (nSPS) is 11.3. The van der Waals surface area contributed by atoms with Gasteiger partial charge in [0.2, 0.25) is 5.91 Å². The second-order valence-electron chi connectivity index (χ2n) is 6.93. The molecule has 0 saturated heterocycles. The molecule has 0 bridgehead atoms. The zero-order valence-electron chi connectivity index (χ0n) is 15.0. The van der Waals surface area contributed by atoms with Crippen LogP contribution in [-0.4, -0.2) is 41.0 Å². The Kier molecular flexibility index (Phi) is 5.25. The number of hydrogen-bond acceptors (Lipinski definition) is 4. The van der Waals surface area contributed by atoms with Gasteiger partial charge in [-0.3, -0.25) is 9.59 Å². The Balaban J connectivity index is 2.23. The summed E-state index contributed by atoms with van der Waals surface area (Å²) in [6.07, 6.45) is 0. The molecule has 25 heavy (non-hydrogen) atoms. The number of nitrogens with one attached hydrogen (secondary N) is 1. The van der Waals surface area contributed by atoms with Crippen molar-refractivity contribution < 1.29 is 18.5 Å². The molecule has 0 fully saturated rings. The Hall–Kier alpha value is -2.70. The van der Waals surface area contributed by atoms with Crippen LogP contribution in [0, 0.1) is 12.7 Å². The van der Waals surface area contributed by atoms with E-state index in [-0.39, 0.29) is 35.3 Å². The quantitative estimate of drug-likeness (QED) is 0.923. The van der Waals surface area contributed by atoms with Crippen molar-refractivity contribution in [3.63, 3.8) is 0 Å². The number of halogens is 1. The molecule has 2 amide bonds. The summed E-state index contributed by atoms with van der Waals surface area (Å²) < 4.78 is 18.3. The highest BCUT2D eigenvalue weighted by atomic mass is 19.1. The molecule has 1 aromatic heterocycles. The van der Waals surface area contributed by atoms with Gasteiger partial charge in [0.15, 0.2) is 0 Å². The number of carbonyl (C=O) groups is 2. The minimum Gasteiger partial charge on any atom is -0.360 e. The minimum absolute atomic E-state index is 0.0937. The average molecular weight is 347 g/mol. The Bertz CT molecular complexity index is 776. The van der Waals surface area contributed by atoms with Crippen LogP contribution in [0.25, 0.3) is 11.3 Å².